The largest absolute Gasteiger partial charge is 0.454 e. The maximum absolute atomic E-state index is 12.5. The number of hydrogen-bond acceptors (Lipinski definition) is 5. The molecular formula is C18H16Br2Cl2N2O5. The fourth-order valence-electron chi connectivity index (χ4n) is 3.42. The van der Waals surface area contributed by atoms with Gasteiger partial charge in [-0.1, -0.05) is 55.1 Å². The summed E-state index contributed by atoms with van der Waals surface area (Å²) in [5.41, 5.74) is 0.280. The molecule has 1 aromatic carbocycles. The Balaban J connectivity index is 1.53. The first-order chi connectivity index (χ1) is 13.7. The summed E-state index contributed by atoms with van der Waals surface area (Å²) < 4.78 is 4.91. The maximum atomic E-state index is 12.5. The van der Waals surface area contributed by atoms with Crippen LogP contribution in [0.25, 0.3) is 0 Å². The zero-order valence-corrected chi connectivity index (χ0v) is 19.6. The topological polar surface area (TPSA) is 92.8 Å². The lowest BCUT2D eigenvalue weighted by Gasteiger charge is -2.29. The van der Waals surface area contributed by atoms with Crippen LogP contribution in [0.3, 0.4) is 0 Å². The number of nitrogens with one attached hydrogen (secondary N) is 1. The molecule has 7 nitrogen and oxygen atoms in total. The SMILES string of the molecule is O=C(COC(=O)CN1C(=O)[C@@H]2C[C@@H](Br)[C@@H](Br)C[C@H]2C1=O)Nc1cc(Cl)ccc1Cl. The molecular weight excluding hydrogens is 555 g/mol. The van der Waals surface area contributed by atoms with Crippen molar-refractivity contribution in [2.75, 3.05) is 18.5 Å². The Kier molecular flexibility index (Phi) is 7.24. The zero-order valence-electron chi connectivity index (χ0n) is 14.9. The predicted octanol–water partition coefficient (Wildman–Crippen LogP) is 3.40. The van der Waals surface area contributed by atoms with Gasteiger partial charge in [-0.25, -0.2) is 0 Å². The van der Waals surface area contributed by atoms with Crippen LogP contribution in [0.1, 0.15) is 12.8 Å². The van der Waals surface area contributed by atoms with Gasteiger partial charge in [0, 0.05) is 14.7 Å². The number of imide groups is 1. The van der Waals surface area contributed by atoms with Crippen LogP contribution < -0.4 is 5.32 Å². The summed E-state index contributed by atoms with van der Waals surface area (Å²) >= 11 is 18.8. The van der Waals surface area contributed by atoms with Crippen molar-refractivity contribution in [1.29, 1.82) is 0 Å². The number of fused-ring (bicyclic) bond motifs is 1. The standard InChI is InChI=1S/C18H16Br2Cl2N2O5/c19-11-4-9-10(5-12(11)20)18(28)24(17(9)27)6-16(26)29-7-15(25)23-14-3-8(21)1-2-13(14)22/h1-3,9-12H,4-7H2,(H,23,25)/t9-,10-,11-,12+/m1/s1. The van der Waals surface area contributed by atoms with E-state index in [0.717, 1.165) is 4.90 Å². The molecule has 1 aliphatic heterocycles. The van der Waals surface area contributed by atoms with Gasteiger partial charge in [0.15, 0.2) is 6.61 Å². The first-order valence-corrected chi connectivity index (χ1v) is 11.3. The molecule has 1 saturated carbocycles. The highest BCUT2D eigenvalue weighted by Crippen LogP contribution is 2.43. The molecule has 2 fully saturated rings. The first kappa shape index (κ1) is 22.5. The third-order valence-electron chi connectivity index (χ3n) is 4.86. The van der Waals surface area contributed by atoms with Crippen molar-refractivity contribution in [2.45, 2.75) is 22.5 Å². The van der Waals surface area contributed by atoms with Crippen LogP contribution in [0.4, 0.5) is 5.69 Å². The van der Waals surface area contributed by atoms with E-state index in [1.165, 1.54) is 12.1 Å². The lowest BCUT2D eigenvalue weighted by atomic mass is 9.81. The second kappa shape index (κ2) is 9.32. The first-order valence-electron chi connectivity index (χ1n) is 8.71. The number of likely N-dealkylation sites (tertiary alicyclic amines) is 1. The average Bonchev–Trinajstić information content (AvgIpc) is 2.88. The monoisotopic (exact) mass is 568 g/mol. The number of halogens is 4. The highest BCUT2D eigenvalue weighted by atomic mass is 79.9. The van der Waals surface area contributed by atoms with Crippen LogP contribution in [-0.2, 0) is 23.9 Å². The molecule has 1 heterocycles. The third kappa shape index (κ3) is 5.13. The highest BCUT2D eigenvalue weighted by molar-refractivity contribution is 9.12. The fraction of sp³-hybridized carbons (Fsp3) is 0.444. The van der Waals surface area contributed by atoms with Gasteiger partial charge in [-0.3, -0.25) is 24.1 Å². The van der Waals surface area contributed by atoms with E-state index < -0.39 is 36.9 Å². The van der Waals surface area contributed by atoms with Gasteiger partial charge < -0.3 is 10.1 Å². The van der Waals surface area contributed by atoms with E-state index in [4.69, 9.17) is 27.9 Å². The molecule has 0 aromatic heterocycles. The number of amides is 3. The Labute approximate surface area is 193 Å². The smallest absolute Gasteiger partial charge is 0.326 e. The number of carbonyl (C=O) groups excluding carboxylic acids is 4. The van der Waals surface area contributed by atoms with Crippen LogP contribution in [-0.4, -0.2) is 51.4 Å². The van der Waals surface area contributed by atoms with Crippen molar-refractivity contribution in [3.05, 3.63) is 28.2 Å². The molecule has 0 spiro atoms. The molecule has 156 valence electrons. The summed E-state index contributed by atoms with van der Waals surface area (Å²) in [5, 5.41) is 3.14. The molecule has 1 aromatic rings. The van der Waals surface area contributed by atoms with Gasteiger partial charge in [-0.15, -0.1) is 0 Å². The summed E-state index contributed by atoms with van der Waals surface area (Å²) in [7, 11) is 0. The van der Waals surface area contributed by atoms with Crippen LogP contribution in [0.15, 0.2) is 18.2 Å². The van der Waals surface area contributed by atoms with Crippen LogP contribution in [0, 0.1) is 11.8 Å². The minimum Gasteiger partial charge on any atom is -0.454 e. The van der Waals surface area contributed by atoms with E-state index in [1.54, 1.807) is 6.07 Å². The summed E-state index contributed by atoms with van der Waals surface area (Å²) in [4.78, 5) is 50.2. The molecule has 1 N–H and O–H groups in total. The normalized spacial score (nSPS) is 26.3. The van der Waals surface area contributed by atoms with Crippen molar-refractivity contribution >= 4 is 84.4 Å². The van der Waals surface area contributed by atoms with E-state index in [-0.39, 0.29) is 32.2 Å². The summed E-state index contributed by atoms with van der Waals surface area (Å²) in [5.74, 6) is -3.11. The van der Waals surface area contributed by atoms with Gasteiger partial charge in [0.25, 0.3) is 5.91 Å². The summed E-state index contributed by atoms with van der Waals surface area (Å²) in [6.07, 6.45) is 1.03. The highest BCUT2D eigenvalue weighted by Gasteiger charge is 2.52. The van der Waals surface area contributed by atoms with E-state index in [0.29, 0.717) is 17.9 Å². The molecule has 3 rings (SSSR count). The molecule has 0 radical (unpaired) electrons. The zero-order chi connectivity index (χ0) is 21.3. The molecule has 11 heteroatoms. The fourth-order valence-corrected chi connectivity index (χ4v) is 4.99. The number of esters is 1. The Morgan fingerprint density at radius 1 is 1.10 bits per heavy atom. The van der Waals surface area contributed by atoms with Gasteiger partial charge in [0.2, 0.25) is 11.8 Å². The second-order valence-electron chi connectivity index (χ2n) is 6.81. The Bertz CT molecular complexity index is 841. The quantitative estimate of drug-likeness (QED) is 0.333. The van der Waals surface area contributed by atoms with Crippen molar-refractivity contribution in [3.8, 4) is 0 Å². The molecule has 1 aliphatic carbocycles. The van der Waals surface area contributed by atoms with E-state index in [9.17, 15) is 19.2 Å². The number of carbonyl (C=O) groups is 4. The van der Waals surface area contributed by atoms with Crippen molar-refractivity contribution in [3.63, 3.8) is 0 Å². The van der Waals surface area contributed by atoms with Gasteiger partial charge in [-0.2, -0.15) is 0 Å². The van der Waals surface area contributed by atoms with E-state index in [2.05, 4.69) is 37.2 Å². The lowest BCUT2D eigenvalue weighted by Crippen LogP contribution is -2.37. The Hall–Kier alpha value is -1.16. The van der Waals surface area contributed by atoms with Crippen LogP contribution >= 0.6 is 55.1 Å². The van der Waals surface area contributed by atoms with Gasteiger partial charge >= 0.3 is 5.97 Å². The number of rotatable bonds is 5. The second-order valence-corrected chi connectivity index (χ2v) is 10.0. The summed E-state index contributed by atoms with van der Waals surface area (Å²) in [6, 6.07) is 4.54. The predicted molar refractivity (Wildman–Crippen MR) is 114 cm³/mol. The molecule has 0 unspecified atom stereocenters. The minimum atomic E-state index is -0.844. The van der Waals surface area contributed by atoms with Gasteiger partial charge in [0.05, 0.1) is 22.5 Å². The van der Waals surface area contributed by atoms with E-state index in [1.807, 2.05) is 0 Å². The average molecular weight is 571 g/mol. The van der Waals surface area contributed by atoms with Crippen LogP contribution in [0.2, 0.25) is 10.0 Å². The number of anilines is 1. The van der Waals surface area contributed by atoms with Crippen LogP contribution in [0.5, 0.6) is 0 Å². The molecule has 29 heavy (non-hydrogen) atoms. The number of nitrogens with zero attached hydrogens (tertiary/aromatic N) is 1. The van der Waals surface area contributed by atoms with E-state index >= 15 is 0 Å². The maximum Gasteiger partial charge on any atom is 0.326 e. The number of ether oxygens (including phenoxy) is 1. The number of benzene rings is 1. The molecule has 1 saturated heterocycles. The Morgan fingerprint density at radius 2 is 1.69 bits per heavy atom. The number of hydrogen-bond donors (Lipinski definition) is 1. The summed E-state index contributed by atoms with van der Waals surface area (Å²) in [6.45, 7) is -1.10. The van der Waals surface area contributed by atoms with Crippen molar-refractivity contribution in [2.24, 2.45) is 11.8 Å². The Morgan fingerprint density at radius 3 is 2.28 bits per heavy atom. The molecule has 2 aliphatic rings. The molecule has 4 atom stereocenters. The molecule has 0 bridgehead atoms. The van der Waals surface area contributed by atoms with Gasteiger partial charge in [0.1, 0.15) is 6.54 Å². The third-order valence-corrected chi connectivity index (χ3v) is 8.15. The lowest BCUT2D eigenvalue weighted by molar-refractivity contribution is -0.154. The van der Waals surface area contributed by atoms with Crippen molar-refractivity contribution < 1.29 is 23.9 Å². The minimum absolute atomic E-state index is 0.0782. The number of alkyl halides is 2. The van der Waals surface area contributed by atoms with Crippen molar-refractivity contribution in [1.82, 2.24) is 4.90 Å². The van der Waals surface area contributed by atoms with Gasteiger partial charge in [-0.05, 0) is 31.0 Å². The molecule has 3 amide bonds.